The van der Waals surface area contributed by atoms with Crippen molar-refractivity contribution in [2.75, 3.05) is 13.1 Å². The van der Waals surface area contributed by atoms with Gasteiger partial charge in [0.25, 0.3) is 5.91 Å². The van der Waals surface area contributed by atoms with Gasteiger partial charge in [0, 0.05) is 36.6 Å². The van der Waals surface area contributed by atoms with Crippen molar-refractivity contribution in [3.63, 3.8) is 0 Å². The molecule has 1 aliphatic rings. The monoisotopic (exact) mass is 390 g/mol. The standard InChI is InChI=1S/C22H22N4O3/c27-20-12-16(14-26(20)11-10-15-6-2-1-3-7-15)21(28)24-25-22(29)18-13-23-19-9-5-4-8-17(18)19/h1-9,13,16,23H,10-12,14H2,(H,24,28)(H,25,29). The quantitative estimate of drug-likeness (QED) is 0.582. The van der Waals surface area contributed by atoms with Crippen LogP contribution in [0.3, 0.4) is 0 Å². The van der Waals surface area contributed by atoms with Gasteiger partial charge < -0.3 is 9.88 Å². The van der Waals surface area contributed by atoms with Gasteiger partial charge in [0.2, 0.25) is 11.8 Å². The van der Waals surface area contributed by atoms with Gasteiger partial charge in [0.05, 0.1) is 11.5 Å². The number of hydrazine groups is 1. The number of carbonyl (C=O) groups excluding carboxylic acids is 3. The fourth-order valence-electron chi connectivity index (χ4n) is 3.62. The summed E-state index contributed by atoms with van der Waals surface area (Å²) in [6, 6.07) is 17.4. The van der Waals surface area contributed by atoms with Crippen LogP contribution >= 0.6 is 0 Å². The Hall–Kier alpha value is -3.61. The summed E-state index contributed by atoms with van der Waals surface area (Å²) in [5.41, 5.74) is 7.36. The SMILES string of the molecule is O=C(NNC(=O)C1CC(=O)N(CCc2ccccc2)C1)c1c[nH]c2ccccc12. The maximum absolute atomic E-state index is 12.4. The third-order valence-corrected chi connectivity index (χ3v) is 5.23. The highest BCUT2D eigenvalue weighted by Gasteiger charge is 2.34. The highest BCUT2D eigenvalue weighted by molar-refractivity contribution is 6.07. The van der Waals surface area contributed by atoms with Gasteiger partial charge in [-0.15, -0.1) is 0 Å². The first-order valence-electron chi connectivity index (χ1n) is 9.60. The number of amides is 3. The van der Waals surface area contributed by atoms with Gasteiger partial charge in [-0.3, -0.25) is 25.2 Å². The van der Waals surface area contributed by atoms with E-state index >= 15 is 0 Å². The molecule has 0 spiro atoms. The number of benzene rings is 2. The largest absolute Gasteiger partial charge is 0.360 e. The summed E-state index contributed by atoms with van der Waals surface area (Å²) < 4.78 is 0. The smallest absolute Gasteiger partial charge is 0.271 e. The molecule has 1 fully saturated rings. The molecule has 0 saturated carbocycles. The Kier molecular flexibility index (Phi) is 5.29. The number of rotatable bonds is 5. The average molecular weight is 390 g/mol. The fraction of sp³-hybridized carbons (Fsp3) is 0.227. The zero-order chi connectivity index (χ0) is 20.2. The number of para-hydroxylation sites is 1. The third kappa shape index (κ3) is 4.13. The second-order valence-corrected chi connectivity index (χ2v) is 7.17. The summed E-state index contributed by atoms with van der Waals surface area (Å²) in [7, 11) is 0. The summed E-state index contributed by atoms with van der Waals surface area (Å²) in [5.74, 6) is -1.26. The number of hydrogen-bond donors (Lipinski definition) is 3. The molecule has 148 valence electrons. The Labute approximate surface area is 168 Å². The second kappa shape index (κ2) is 8.18. The molecule has 1 unspecified atom stereocenters. The number of nitrogens with one attached hydrogen (secondary N) is 3. The molecule has 3 N–H and O–H groups in total. The maximum Gasteiger partial charge on any atom is 0.271 e. The predicted octanol–water partition coefficient (Wildman–Crippen LogP) is 2.02. The van der Waals surface area contributed by atoms with E-state index in [-0.39, 0.29) is 18.2 Å². The number of likely N-dealkylation sites (tertiary alicyclic amines) is 1. The van der Waals surface area contributed by atoms with Crippen molar-refractivity contribution in [3.8, 4) is 0 Å². The molecule has 4 rings (SSSR count). The van der Waals surface area contributed by atoms with Crippen LogP contribution in [0.2, 0.25) is 0 Å². The first-order chi connectivity index (χ1) is 14.1. The van der Waals surface area contributed by atoms with Crippen molar-refractivity contribution < 1.29 is 14.4 Å². The molecule has 0 bridgehead atoms. The Morgan fingerprint density at radius 3 is 2.62 bits per heavy atom. The number of H-pyrrole nitrogens is 1. The lowest BCUT2D eigenvalue weighted by atomic mass is 10.1. The topological polar surface area (TPSA) is 94.3 Å². The molecule has 2 heterocycles. The van der Waals surface area contributed by atoms with Crippen LogP contribution in [0.4, 0.5) is 0 Å². The summed E-state index contributed by atoms with van der Waals surface area (Å²) in [4.78, 5) is 41.8. The summed E-state index contributed by atoms with van der Waals surface area (Å²) in [6.45, 7) is 0.939. The molecular weight excluding hydrogens is 368 g/mol. The van der Waals surface area contributed by atoms with Crippen molar-refractivity contribution in [1.29, 1.82) is 0 Å². The number of fused-ring (bicyclic) bond motifs is 1. The number of aromatic amines is 1. The molecule has 1 saturated heterocycles. The molecule has 0 radical (unpaired) electrons. The van der Waals surface area contributed by atoms with Crippen molar-refractivity contribution in [1.82, 2.24) is 20.7 Å². The minimum Gasteiger partial charge on any atom is -0.360 e. The lowest BCUT2D eigenvalue weighted by molar-refractivity contribution is -0.129. The second-order valence-electron chi connectivity index (χ2n) is 7.17. The molecular formula is C22H22N4O3. The number of aromatic nitrogens is 1. The number of carbonyl (C=O) groups is 3. The van der Waals surface area contributed by atoms with Crippen LogP contribution in [0.25, 0.3) is 10.9 Å². The van der Waals surface area contributed by atoms with Gasteiger partial charge in [-0.1, -0.05) is 48.5 Å². The molecule has 0 aliphatic carbocycles. The maximum atomic E-state index is 12.4. The summed E-state index contributed by atoms with van der Waals surface area (Å²) >= 11 is 0. The predicted molar refractivity (Wildman–Crippen MR) is 109 cm³/mol. The van der Waals surface area contributed by atoms with Crippen molar-refractivity contribution in [3.05, 3.63) is 71.9 Å². The van der Waals surface area contributed by atoms with Crippen LogP contribution in [-0.4, -0.2) is 40.7 Å². The molecule has 1 aliphatic heterocycles. The molecule has 29 heavy (non-hydrogen) atoms. The van der Waals surface area contributed by atoms with Crippen LogP contribution in [0.15, 0.2) is 60.8 Å². The van der Waals surface area contributed by atoms with Crippen LogP contribution in [0.1, 0.15) is 22.3 Å². The van der Waals surface area contributed by atoms with Gasteiger partial charge in [-0.05, 0) is 18.1 Å². The highest BCUT2D eigenvalue weighted by atomic mass is 16.2. The lowest BCUT2D eigenvalue weighted by Crippen LogP contribution is -2.45. The van der Waals surface area contributed by atoms with E-state index in [0.717, 1.165) is 22.9 Å². The van der Waals surface area contributed by atoms with Crippen molar-refractivity contribution in [2.45, 2.75) is 12.8 Å². The first kappa shape index (κ1) is 18.7. The van der Waals surface area contributed by atoms with E-state index in [1.807, 2.05) is 54.6 Å². The molecule has 7 heteroatoms. The molecule has 3 aromatic rings. The third-order valence-electron chi connectivity index (χ3n) is 5.23. The van der Waals surface area contributed by atoms with Crippen LogP contribution in [-0.2, 0) is 16.0 Å². The van der Waals surface area contributed by atoms with E-state index in [2.05, 4.69) is 15.8 Å². The van der Waals surface area contributed by atoms with Gasteiger partial charge >= 0.3 is 0 Å². The number of hydrogen-bond acceptors (Lipinski definition) is 3. The Morgan fingerprint density at radius 2 is 1.79 bits per heavy atom. The summed E-state index contributed by atoms with van der Waals surface area (Å²) in [5, 5.41) is 0.780. The molecule has 2 aromatic carbocycles. The van der Waals surface area contributed by atoms with Gasteiger partial charge in [0.15, 0.2) is 0 Å². The Bertz CT molecular complexity index is 1040. The first-order valence-corrected chi connectivity index (χ1v) is 9.60. The van der Waals surface area contributed by atoms with E-state index in [1.165, 1.54) is 0 Å². The zero-order valence-electron chi connectivity index (χ0n) is 15.9. The fourth-order valence-corrected chi connectivity index (χ4v) is 3.62. The normalized spacial score (nSPS) is 16.2. The molecule has 7 nitrogen and oxygen atoms in total. The molecule has 3 amide bonds. The van der Waals surface area contributed by atoms with Crippen LogP contribution in [0.5, 0.6) is 0 Å². The zero-order valence-corrected chi connectivity index (χ0v) is 15.9. The lowest BCUT2D eigenvalue weighted by Gasteiger charge is -2.16. The van der Waals surface area contributed by atoms with E-state index in [9.17, 15) is 14.4 Å². The van der Waals surface area contributed by atoms with Crippen LogP contribution < -0.4 is 10.9 Å². The minimum absolute atomic E-state index is 0.0379. The molecule has 1 aromatic heterocycles. The summed E-state index contributed by atoms with van der Waals surface area (Å²) in [6.07, 6.45) is 2.51. The van der Waals surface area contributed by atoms with E-state index < -0.39 is 11.8 Å². The average Bonchev–Trinajstić information content (AvgIpc) is 3.34. The number of nitrogens with zero attached hydrogens (tertiary/aromatic N) is 1. The van der Waals surface area contributed by atoms with Crippen molar-refractivity contribution >= 4 is 28.6 Å². The minimum atomic E-state index is -0.471. The van der Waals surface area contributed by atoms with E-state index in [1.54, 1.807) is 11.1 Å². The molecule has 1 atom stereocenters. The van der Waals surface area contributed by atoms with Crippen LogP contribution in [0, 0.1) is 5.92 Å². The Balaban J connectivity index is 1.29. The van der Waals surface area contributed by atoms with E-state index in [4.69, 9.17) is 0 Å². The van der Waals surface area contributed by atoms with Crippen molar-refractivity contribution in [2.24, 2.45) is 5.92 Å². The van der Waals surface area contributed by atoms with Gasteiger partial charge in [0.1, 0.15) is 0 Å². The van der Waals surface area contributed by atoms with E-state index in [0.29, 0.717) is 18.7 Å². The Morgan fingerprint density at radius 1 is 1.03 bits per heavy atom. The highest BCUT2D eigenvalue weighted by Crippen LogP contribution is 2.19. The van der Waals surface area contributed by atoms with Gasteiger partial charge in [-0.25, -0.2) is 0 Å². The van der Waals surface area contributed by atoms with Gasteiger partial charge in [-0.2, -0.15) is 0 Å².